The molecular formula is C12H20N2S. The van der Waals surface area contributed by atoms with E-state index >= 15 is 0 Å². The van der Waals surface area contributed by atoms with Crippen molar-refractivity contribution >= 4 is 11.8 Å². The summed E-state index contributed by atoms with van der Waals surface area (Å²) in [5, 5.41) is 3.33. The summed E-state index contributed by atoms with van der Waals surface area (Å²) in [6, 6.07) is 9.18. The molecule has 3 heteroatoms. The van der Waals surface area contributed by atoms with Gasteiger partial charge >= 0.3 is 0 Å². The van der Waals surface area contributed by atoms with Crippen molar-refractivity contribution in [2.75, 3.05) is 19.8 Å². The molecule has 0 bridgehead atoms. The molecule has 0 spiro atoms. The predicted octanol–water partition coefficient (Wildman–Crippen LogP) is 2.41. The third kappa shape index (κ3) is 3.86. The van der Waals surface area contributed by atoms with Crippen LogP contribution in [0.4, 0.5) is 0 Å². The third-order valence-electron chi connectivity index (χ3n) is 2.56. The van der Waals surface area contributed by atoms with Crippen LogP contribution in [-0.4, -0.2) is 19.8 Å². The van der Waals surface area contributed by atoms with Gasteiger partial charge in [-0.3, -0.25) is 0 Å². The van der Waals surface area contributed by atoms with E-state index in [1.165, 1.54) is 10.5 Å². The Kier molecular flexibility index (Phi) is 5.76. The second-order valence-corrected chi connectivity index (χ2v) is 4.42. The molecule has 0 saturated carbocycles. The Bertz CT molecular complexity index is 271. The van der Waals surface area contributed by atoms with Gasteiger partial charge in [0, 0.05) is 10.9 Å². The number of rotatable bonds is 6. The van der Waals surface area contributed by atoms with Gasteiger partial charge in [0.2, 0.25) is 0 Å². The van der Waals surface area contributed by atoms with Crippen LogP contribution < -0.4 is 11.1 Å². The molecule has 1 rings (SSSR count). The molecule has 1 aromatic carbocycles. The lowest BCUT2D eigenvalue weighted by Crippen LogP contribution is -2.17. The fourth-order valence-corrected chi connectivity index (χ4v) is 2.04. The maximum absolute atomic E-state index is 5.52. The summed E-state index contributed by atoms with van der Waals surface area (Å²) < 4.78 is 0. The maximum Gasteiger partial charge on any atom is 0.0318 e. The smallest absolute Gasteiger partial charge is 0.0318 e. The van der Waals surface area contributed by atoms with Gasteiger partial charge in [0.1, 0.15) is 0 Å². The van der Waals surface area contributed by atoms with Crippen molar-refractivity contribution in [3.63, 3.8) is 0 Å². The lowest BCUT2D eigenvalue weighted by molar-refractivity contribution is 0.531. The van der Waals surface area contributed by atoms with E-state index in [-0.39, 0.29) is 0 Å². The zero-order valence-electron chi connectivity index (χ0n) is 9.49. The number of nitrogens with one attached hydrogen (secondary N) is 1. The quantitative estimate of drug-likeness (QED) is 0.729. The first-order valence-electron chi connectivity index (χ1n) is 5.33. The first kappa shape index (κ1) is 12.6. The molecule has 2 nitrogen and oxygen atoms in total. The summed E-state index contributed by atoms with van der Waals surface area (Å²) in [6.45, 7) is 0.765. The van der Waals surface area contributed by atoms with Crippen LogP contribution in [0.1, 0.15) is 24.4 Å². The molecule has 0 aliphatic rings. The fraction of sp³-hybridized carbons (Fsp3) is 0.500. The number of nitrogens with two attached hydrogens (primary N) is 1. The molecule has 0 radical (unpaired) electrons. The van der Waals surface area contributed by atoms with Crippen LogP contribution in [0.3, 0.4) is 0 Å². The van der Waals surface area contributed by atoms with Gasteiger partial charge in [-0.1, -0.05) is 12.1 Å². The molecule has 0 aliphatic carbocycles. The van der Waals surface area contributed by atoms with Crippen LogP contribution >= 0.6 is 11.8 Å². The Labute approximate surface area is 96.6 Å². The van der Waals surface area contributed by atoms with E-state index in [9.17, 15) is 0 Å². The van der Waals surface area contributed by atoms with E-state index in [1.807, 2.05) is 7.05 Å². The lowest BCUT2D eigenvalue weighted by Gasteiger charge is -2.16. The first-order valence-corrected chi connectivity index (χ1v) is 6.55. The van der Waals surface area contributed by atoms with Gasteiger partial charge < -0.3 is 11.1 Å². The van der Waals surface area contributed by atoms with Crippen LogP contribution in [0.2, 0.25) is 0 Å². The molecule has 1 unspecified atom stereocenters. The minimum Gasteiger partial charge on any atom is -0.330 e. The van der Waals surface area contributed by atoms with Gasteiger partial charge in [0.05, 0.1) is 0 Å². The van der Waals surface area contributed by atoms with Crippen molar-refractivity contribution in [2.24, 2.45) is 5.73 Å². The highest BCUT2D eigenvalue weighted by atomic mass is 32.2. The molecule has 0 heterocycles. The SMILES string of the molecule is CNC(CCCN)c1ccc(SC)cc1. The molecule has 84 valence electrons. The lowest BCUT2D eigenvalue weighted by atomic mass is 10.0. The topological polar surface area (TPSA) is 38.0 Å². The van der Waals surface area contributed by atoms with E-state index in [2.05, 4.69) is 35.8 Å². The van der Waals surface area contributed by atoms with E-state index in [4.69, 9.17) is 5.73 Å². The Hall–Kier alpha value is -0.510. The molecule has 0 aromatic heterocycles. The zero-order chi connectivity index (χ0) is 11.1. The summed E-state index contributed by atoms with van der Waals surface area (Å²) in [6.07, 6.45) is 4.26. The van der Waals surface area contributed by atoms with Gasteiger partial charge in [-0.15, -0.1) is 11.8 Å². The summed E-state index contributed by atoms with van der Waals surface area (Å²) in [5.41, 5.74) is 6.87. The van der Waals surface area contributed by atoms with Crippen LogP contribution in [0.15, 0.2) is 29.2 Å². The highest BCUT2D eigenvalue weighted by Crippen LogP contribution is 2.21. The number of hydrogen-bond acceptors (Lipinski definition) is 3. The second-order valence-electron chi connectivity index (χ2n) is 3.55. The Morgan fingerprint density at radius 3 is 2.47 bits per heavy atom. The van der Waals surface area contributed by atoms with E-state index < -0.39 is 0 Å². The maximum atomic E-state index is 5.52. The molecule has 15 heavy (non-hydrogen) atoms. The normalized spacial score (nSPS) is 12.7. The molecule has 3 N–H and O–H groups in total. The first-order chi connectivity index (χ1) is 7.31. The standard InChI is InChI=1S/C12H20N2S/c1-14-12(4-3-9-13)10-5-7-11(15-2)8-6-10/h5-8,12,14H,3-4,9,13H2,1-2H3. The van der Waals surface area contributed by atoms with Gasteiger partial charge in [-0.05, 0) is 50.4 Å². The van der Waals surface area contributed by atoms with Crippen molar-refractivity contribution in [2.45, 2.75) is 23.8 Å². The number of benzene rings is 1. The van der Waals surface area contributed by atoms with Crippen LogP contribution in [0, 0.1) is 0 Å². The van der Waals surface area contributed by atoms with E-state index in [0.717, 1.165) is 19.4 Å². The summed E-state index contributed by atoms with van der Waals surface area (Å²) >= 11 is 1.77. The van der Waals surface area contributed by atoms with Crippen LogP contribution in [-0.2, 0) is 0 Å². The van der Waals surface area contributed by atoms with Crippen molar-refractivity contribution in [1.82, 2.24) is 5.32 Å². The Morgan fingerprint density at radius 1 is 1.33 bits per heavy atom. The Morgan fingerprint density at radius 2 is 2.00 bits per heavy atom. The molecule has 1 aromatic rings. The molecule has 1 atom stereocenters. The summed E-state index contributed by atoms with van der Waals surface area (Å²) in [7, 11) is 2.00. The average Bonchev–Trinajstić information content (AvgIpc) is 2.31. The summed E-state index contributed by atoms with van der Waals surface area (Å²) in [4.78, 5) is 1.31. The van der Waals surface area contributed by atoms with E-state index in [0.29, 0.717) is 6.04 Å². The van der Waals surface area contributed by atoms with Crippen molar-refractivity contribution < 1.29 is 0 Å². The minimum atomic E-state index is 0.435. The van der Waals surface area contributed by atoms with E-state index in [1.54, 1.807) is 11.8 Å². The molecule has 0 saturated heterocycles. The van der Waals surface area contributed by atoms with Gasteiger partial charge in [-0.25, -0.2) is 0 Å². The number of thioether (sulfide) groups is 1. The Balaban J connectivity index is 2.65. The highest BCUT2D eigenvalue weighted by molar-refractivity contribution is 7.98. The predicted molar refractivity (Wildman–Crippen MR) is 68.3 cm³/mol. The van der Waals surface area contributed by atoms with Crippen LogP contribution in [0.5, 0.6) is 0 Å². The zero-order valence-corrected chi connectivity index (χ0v) is 10.3. The van der Waals surface area contributed by atoms with Crippen molar-refractivity contribution in [1.29, 1.82) is 0 Å². The molecule has 0 aliphatic heterocycles. The second kappa shape index (κ2) is 6.88. The van der Waals surface area contributed by atoms with Gasteiger partial charge in [0.15, 0.2) is 0 Å². The van der Waals surface area contributed by atoms with Gasteiger partial charge in [-0.2, -0.15) is 0 Å². The monoisotopic (exact) mass is 224 g/mol. The average molecular weight is 224 g/mol. The van der Waals surface area contributed by atoms with Gasteiger partial charge in [0.25, 0.3) is 0 Å². The van der Waals surface area contributed by atoms with Crippen molar-refractivity contribution in [3.8, 4) is 0 Å². The van der Waals surface area contributed by atoms with Crippen LogP contribution in [0.25, 0.3) is 0 Å². The molecule has 0 amide bonds. The molecular weight excluding hydrogens is 204 g/mol. The molecule has 0 fully saturated rings. The van der Waals surface area contributed by atoms with Crippen molar-refractivity contribution in [3.05, 3.63) is 29.8 Å². The number of hydrogen-bond donors (Lipinski definition) is 2. The largest absolute Gasteiger partial charge is 0.330 e. The highest BCUT2D eigenvalue weighted by Gasteiger charge is 2.07. The minimum absolute atomic E-state index is 0.435. The summed E-state index contributed by atoms with van der Waals surface area (Å²) in [5.74, 6) is 0. The fourth-order valence-electron chi connectivity index (χ4n) is 1.64. The third-order valence-corrected chi connectivity index (χ3v) is 3.31.